The summed E-state index contributed by atoms with van der Waals surface area (Å²) in [6.07, 6.45) is 63.1. The summed E-state index contributed by atoms with van der Waals surface area (Å²) in [5, 5.41) is 23.0. The third-order valence-corrected chi connectivity index (χ3v) is 9.90. The van der Waals surface area contributed by atoms with Gasteiger partial charge in [-0.3, -0.25) is 4.79 Å². The Morgan fingerprint density at radius 1 is 0.472 bits per heavy atom. The van der Waals surface area contributed by atoms with Gasteiger partial charge in [-0.05, 0) is 77.0 Å². The first-order valence-electron chi connectivity index (χ1n) is 22.7. The smallest absolute Gasteiger partial charge is 0.220 e. The van der Waals surface area contributed by atoms with Gasteiger partial charge in [0.1, 0.15) is 0 Å². The summed E-state index contributed by atoms with van der Waals surface area (Å²) < 4.78 is 0. The molecular formula is C49H87NO3. The molecule has 3 N–H and O–H groups in total. The van der Waals surface area contributed by atoms with E-state index in [1.807, 2.05) is 6.08 Å². The summed E-state index contributed by atoms with van der Waals surface area (Å²) in [5.74, 6) is -0.0975. The fourth-order valence-corrected chi connectivity index (χ4v) is 6.46. The molecule has 0 aromatic rings. The van der Waals surface area contributed by atoms with Crippen molar-refractivity contribution in [1.82, 2.24) is 5.32 Å². The minimum atomic E-state index is -0.881. The summed E-state index contributed by atoms with van der Waals surface area (Å²) in [6.45, 7) is 4.17. The quantitative estimate of drug-likeness (QED) is 0.0433. The van der Waals surface area contributed by atoms with Crippen LogP contribution in [0.25, 0.3) is 0 Å². The predicted octanol–water partition coefficient (Wildman–Crippen LogP) is 14.3. The van der Waals surface area contributed by atoms with E-state index in [9.17, 15) is 15.0 Å². The molecule has 4 heteroatoms. The number of carbonyl (C=O) groups excluding carboxylic acids is 1. The van der Waals surface area contributed by atoms with E-state index in [1.165, 1.54) is 122 Å². The highest BCUT2D eigenvalue weighted by Gasteiger charge is 2.17. The van der Waals surface area contributed by atoms with Gasteiger partial charge in [0.05, 0.1) is 18.8 Å². The van der Waals surface area contributed by atoms with Crippen LogP contribution in [0.15, 0.2) is 72.9 Å². The molecule has 4 nitrogen and oxygen atoms in total. The van der Waals surface area contributed by atoms with Crippen LogP contribution in [0.1, 0.15) is 213 Å². The van der Waals surface area contributed by atoms with E-state index in [0.29, 0.717) is 6.42 Å². The first kappa shape index (κ1) is 50.8. The largest absolute Gasteiger partial charge is 0.394 e. The zero-order valence-corrected chi connectivity index (χ0v) is 35.0. The van der Waals surface area contributed by atoms with Crippen LogP contribution in [0.3, 0.4) is 0 Å². The molecule has 0 rings (SSSR count). The summed E-state index contributed by atoms with van der Waals surface area (Å²) in [6, 6.07) is -0.658. The maximum Gasteiger partial charge on any atom is 0.220 e. The van der Waals surface area contributed by atoms with Gasteiger partial charge in [0.2, 0.25) is 5.91 Å². The average Bonchev–Trinajstić information content (AvgIpc) is 3.16. The van der Waals surface area contributed by atoms with E-state index in [1.54, 1.807) is 6.08 Å². The van der Waals surface area contributed by atoms with Crippen molar-refractivity contribution in [2.45, 2.75) is 225 Å². The Hall–Kier alpha value is -2.17. The Kier molecular flexibility index (Phi) is 42.4. The van der Waals surface area contributed by atoms with E-state index in [0.717, 1.165) is 70.6 Å². The molecule has 0 saturated carbocycles. The fraction of sp³-hybridized carbons (Fsp3) is 0.735. The lowest BCUT2D eigenvalue weighted by Gasteiger charge is -2.19. The number of rotatable bonds is 40. The first-order chi connectivity index (χ1) is 26.2. The van der Waals surface area contributed by atoms with Gasteiger partial charge >= 0.3 is 0 Å². The van der Waals surface area contributed by atoms with Gasteiger partial charge < -0.3 is 15.5 Å². The van der Waals surface area contributed by atoms with Gasteiger partial charge in [-0.25, -0.2) is 0 Å². The van der Waals surface area contributed by atoms with Gasteiger partial charge in [-0.15, -0.1) is 0 Å². The minimum absolute atomic E-state index is 0.0975. The number of nitrogens with one attached hydrogen (secondary N) is 1. The molecule has 0 aliphatic carbocycles. The molecule has 0 fully saturated rings. The van der Waals surface area contributed by atoms with Crippen LogP contribution in [0.2, 0.25) is 0 Å². The van der Waals surface area contributed by atoms with E-state index in [4.69, 9.17) is 0 Å². The zero-order chi connectivity index (χ0) is 38.6. The number of aliphatic hydroxyl groups is 2. The molecule has 306 valence electrons. The Bertz CT molecular complexity index is 930. The molecule has 0 radical (unpaired) electrons. The Balaban J connectivity index is 3.65. The summed E-state index contributed by atoms with van der Waals surface area (Å²) >= 11 is 0. The van der Waals surface area contributed by atoms with Crippen molar-refractivity contribution in [2.24, 2.45) is 0 Å². The number of carbonyl (C=O) groups is 1. The van der Waals surface area contributed by atoms with Gasteiger partial charge in [0, 0.05) is 6.42 Å². The van der Waals surface area contributed by atoms with Crippen molar-refractivity contribution in [3.63, 3.8) is 0 Å². The number of unbranched alkanes of at least 4 members (excludes halogenated alkanes) is 23. The van der Waals surface area contributed by atoms with Crippen molar-refractivity contribution < 1.29 is 15.0 Å². The molecule has 0 aliphatic rings. The second-order valence-electron chi connectivity index (χ2n) is 15.1. The van der Waals surface area contributed by atoms with E-state index in [2.05, 4.69) is 79.9 Å². The number of amides is 1. The number of aliphatic hydroxyl groups excluding tert-OH is 2. The van der Waals surface area contributed by atoms with Crippen LogP contribution >= 0.6 is 0 Å². The van der Waals surface area contributed by atoms with Crippen LogP contribution in [0, 0.1) is 0 Å². The molecule has 53 heavy (non-hydrogen) atoms. The minimum Gasteiger partial charge on any atom is -0.394 e. The van der Waals surface area contributed by atoms with Crippen LogP contribution in [0.5, 0.6) is 0 Å². The lowest BCUT2D eigenvalue weighted by Crippen LogP contribution is -2.45. The van der Waals surface area contributed by atoms with Crippen LogP contribution in [-0.2, 0) is 4.79 Å². The van der Waals surface area contributed by atoms with Gasteiger partial charge in [-0.1, -0.05) is 202 Å². The molecule has 0 heterocycles. The predicted molar refractivity (Wildman–Crippen MR) is 234 cm³/mol. The zero-order valence-electron chi connectivity index (χ0n) is 35.0. The molecule has 0 bridgehead atoms. The highest BCUT2D eigenvalue weighted by atomic mass is 16.3. The second-order valence-corrected chi connectivity index (χ2v) is 15.1. The van der Waals surface area contributed by atoms with Crippen LogP contribution in [-0.4, -0.2) is 34.9 Å². The molecule has 1 amide bonds. The summed E-state index contributed by atoms with van der Waals surface area (Å²) in [5.41, 5.74) is 0. The highest BCUT2D eigenvalue weighted by molar-refractivity contribution is 5.76. The van der Waals surface area contributed by atoms with Gasteiger partial charge in [0.15, 0.2) is 0 Å². The summed E-state index contributed by atoms with van der Waals surface area (Å²) in [4.78, 5) is 12.4. The standard InChI is InChI=1S/C49H87NO3/c1-3-5-7-9-11-13-15-17-19-20-21-22-23-24-25-26-27-28-29-31-32-34-36-38-40-42-44-48(52)47(46-51)50-49(53)45-43-41-39-37-35-33-30-18-16-14-12-10-8-6-4-2/h6,8,12,14,18,28-30,34,36,42,44,47-48,51-52H,3-5,7,9-11,13,15-17,19-27,31-33,35,37-41,43,45-46H2,1-2H3,(H,50,53)/b8-6-,14-12-,29-28+,30-18-,36-34+,44-42+. The third kappa shape index (κ3) is 40.8. The second kappa shape index (κ2) is 44.2. The first-order valence-corrected chi connectivity index (χ1v) is 22.7. The lowest BCUT2D eigenvalue weighted by molar-refractivity contribution is -0.123. The molecule has 2 unspecified atom stereocenters. The van der Waals surface area contributed by atoms with Crippen LogP contribution in [0.4, 0.5) is 0 Å². The normalized spacial score (nSPS) is 13.7. The Morgan fingerprint density at radius 3 is 1.32 bits per heavy atom. The number of hydrogen-bond donors (Lipinski definition) is 3. The van der Waals surface area contributed by atoms with E-state index >= 15 is 0 Å². The van der Waals surface area contributed by atoms with Crippen molar-refractivity contribution >= 4 is 5.91 Å². The summed E-state index contributed by atoms with van der Waals surface area (Å²) in [7, 11) is 0. The fourth-order valence-electron chi connectivity index (χ4n) is 6.46. The van der Waals surface area contributed by atoms with Gasteiger partial charge in [0.25, 0.3) is 0 Å². The molecule has 2 atom stereocenters. The molecule has 0 aliphatic heterocycles. The van der Waals surface area contributed by atoms with Crippen LogP contribution < -0.4 is 5.32 Å². The molecule has 0 aromatic heterocycles. The monoisotopic (exact) mass is 738 g/mol. The van der Waals surface area contributed by atoms with Crippen molar-refractivity contribution in [2.75, 3.05) is 6.61 Å². The van der Waals surface area contributed by atoms with Crippen molar-refractivity contribution in [3.05, 3.63) is 72.9 Å². The molecule has 0 saturated heterocycles. The number of hydrogen-bond acceptors (Lipinski definition) is 3. The molecule has 0 spiro atoms. The Labute approximate surface area is 329 Å². The maximum atomic E-state index is 12.4. The van der Waals surface area contributed by atoms with E-state index < -0.39 is 12.1 Å². The number of allylic oxidation sites excluding steroid dienone is 11. The SMILES string of the molecule is CC/C=C\C/C=C\C/C=C\CCCCCCCC(=O)NC(CO)C(O)/C=C/CC/C=C/CC/C=C/CCCCCCCCCCCCCCCCCC. The highest BCUT2D eigenvalue weighted by Crippen LogP contribution is 2.14. The molecule has 0 aromatic carbocycles. The average molecular weight is 738 g/mol. The lowest BCUT2D eigenvalue weighted by atomic mass is 10.0. The van der Waals surface area contributed by atoms with Crippen molar-refractivity contribution in [3.8, 4) is 0 Å². The van der Waals surface area contributed by atoms with Crippen molar-refractivity contribution in [1.29, 1.82) is 0 Å². The maximum absolute atomic E-state index is 12.4. The molecular weight excluding hydrogens is 651 g/mol. The topological polar surface area (TPSA) is 69.6 Å². The Morgan fingerprint density at radius 2 is 0.849 bits per heavy atom. The van der Waals surface area contributed by atoms with E-state index in [-0.39, 0.29) is 12.5 Å². The van der Waals surface area contributed by atoms with Gasteiger partial charge in [-0.2, -0.15) is 0 Å². The third-order valence-electron chi connectivity index (χ3n) is 9.90.